The van der Waals surface area contributed by atoms with Crippen LogP contribution in [0.1, 0.15) is 39.5 Å². The van der Waals surface area contributed by atoms with Crippen molar-refractivity contribution < 1.29 is 4.74 Å². The number of nitrogens with one attached hydrogen (secondary N) is 1. The van der Waals surface area contributed by atoms with E-state index in [1.165, 1.54) is 19.3 Å². The molecule has 0 amide bonds. The van der Waals surface area contributed by atoms with Crippen molar-refractivity contribution >= 4 is 5.82 Å². The molecule has 1 N–H and O–H groups in total. The van der Waals surface area contributed by atoms with Gasteiger partial charge in [0.25, 0.3) is 0 Å². The van der Waals surface area contributed by atoms with E-state index in [-0.39, 0.29) is 0 Å². The lowest BCUT2D eigenvalue weighted by Crippen LogP contribution is -2.28. The van der Waals surface area contributed by atoms with Crippen LogP contribution < -0.4 is 10.1 Å². The molecule has 94 valence electrons. The molecule has 0 spiro atoms. The number of ether oxygens (including phenoxy) is 1. The number of anilines is 1. The van der Waals surface area contributed by atoms with Crippen LogP contribution >= 0.6 is 0 Å². The van der Waals surface area contributed by atoms with E-state index in [0.717, 1.165) is 18.8 Å². The third kappa shape index (κ3) is 3.32. The van der Waals surface area contributed by atoms with Gasteiger partial charge >= 0.3 is 0 Å². The van der Waals surface area contributed by atoms with E-state index in [1.807, 2.05) is 6.92 Å². The molecule has 4 nitrogen and oxygen atoms in total. The summed E-state index contributed by atoms with van der Waals surface area (Å²) in [4.78, 5) is 8.54. The van der Waals surface area contributed by atoms with Crippen molar-refractivity contribution in [3.8, 4) is 5.88 Å². The molecule has 1 aromatic rings. The predicted octanol–water partition coefficient (Wildman–Crippen LogP) is 2.87. The highest BCUT2D eigenvalue weighted by Gasteiger charge is 2.23. The highest BCUT2D eigenvalue weighted by Crippen LogP contribution is 2.27. The maximum Gasteiger partial charge on any atom is 0.234 e. The fourth-order valence-electron chi connectivity index (χ4n) is 2.28. The summed E-state index contributed by atoms with van der Waals surface area (Å²) in [7, 11) is 0. The van der Waals surface area contributed by atoms with Gasteiger partial charge in [-0.15, -0.1) is 0 Å². The van der Waals surface area contributed by atoms with E-state index in [0.29, 0.717) is 17.9 Å². The molecule has 0 radical (unpaired) electrons. The number of hydrogen-bond acceptors (Lipinski definition) is 4. The van der Waals surface area contributed by atoms with Gasteiger partial charge in [0.15, 0.2) is 0 Å². The Bertz CT molecular complexity index is 356. The van der Waals surface area contributed by atoms with Crippen molar-refractivity contribution in [1.82, 2.24) is 9.97 Å². The topological polar surface area (TPSA) is 47.0 Å². The van der Waals surface area contributed by atoms with E-state index in [2.05, 4.69) is 22.2 Å². The molecule has 17 heavy (non-hydrogen) atoms. The van der Waals surface area contributed by atoms with Crippen LogP contribution in [0.25, 0.3) is 0 Å². The van der Waals surface area contributed by atoms with Crippen LogP contribution in [0.3, 0.4) is 0 Å². The number of hydrogen-bond donors (Lipinski definition) is 1. The van der Waals surface area contributed by atoms with Gasteiger partial charge in [0.05, 0.1) is 12.4 Å². The largest absolute Gasteiger partial charge is 0.473 e. The normalized spacial score (nSPS) is 24.4. The molecule has 2 unspecified atom stereocenters. The third-order valence-corrected chi connectivity index (χ3v) is 3.28. The molecule has 2 rings (SSSR count). The van der Waals surface area contributed by atoms with Crippen LogP contribution in [-0.4, -0.2) is 22.6 Å². The standard InChI is InChI=1S/C13H21N3O/c1-3-15-12-8-14-9-13(16-12)17-11-7-5-4-6-10(11)2/h8-11H,3-7H2,1-2H3,(H,15,16). The van der Waals surface area contributed by atoms with Gasteiger partial charge in [-0.25, -0.2) is 0 Å². The van der Waals surface area contributed by atoms with Gasteiger partial charge in [-0.3, -0.25) is 4.98 Å². The van der Waals surface area contributed by atoms with E-state index < -0.39 is 0 Å². The molecule has 1 saturated carbocycles. The van der Waals surface area contributed by atoms with Gasteiger partial charge in [-0.2, -0.15) is 4.98 Å². The molecule has 1 aromatic heterocycles. The highest BCUT2D eigenvalue weighted by atomic mass is 16.5. The van der Waals surface area contributed by atoms with Gasteiger partial charge in [0.1, 0.15) is 11.9 Å². The van der Waals surface area contributed by atoms with Crippen LogP contribution in [0.4, 0.5) is 5.82 Å². The second-order valence-electron chi connectivity index (χ2n) is 4.69. The summed E-state index contributed by atoms with van der Waals surface area (Å²) in [5, 5.41) is 3.14. The van der Waals surface area contributed by atoms with Crippen molar-refractivity contribution in [3.05, 3.63) is 12.4 Å². The zero-order chi connectivity index (χ0) is 12.1. The molecule has 1 aliphatic rings. The van der Waals surface area contributed by atoms with E-state index in [1.54, 1.807) is 12.4 Å². The molecule has 0 aromatic carbocycles. The zero-order valence-electron chi connectivity index (χ0n) is 10.6. The first-order valence-corrected chi connectivity index (χ1v) is 6.52. The summed E-state index contributed by atoms with van der Waals surface area (Å²) >= 11 is 0. The first kappa shape index (κ1) is 12.1. The fraction of sp³-hybridized carbons (Fsp3) is 0.692. The minimum absolute atomic E-state index is 0.301. The molecule has 2 atom stereocenters. The lowest BCUT2D eigenvalue weighted by atomic mass is 9.88. The third-order valence-electron chi connectivity index (χ3n) is 3.28. The Kier molecular flexibility index (Phi) is 4.18. The summed E-state index contributed by atoms with van der Waals surface area (Å²) < 4.78 is 5.94. The van der Waals surface area contributed by atoms with Crippen LogP contribution in [0, 0.1) is 5.92 Å². The molecule has 1 aliphatic carbocycles. The lowest BCUT2D eigenvalue weighted by molar-refractivity contribution is 0.0973. The summed E-state index contributed by atoms with van der Waals surface area (Å²) in [5.41, 5.74) is 0. The molecule has 4 heteroatoms. The SMILES string of the molecule is CCNc1cncc(OC2CCCCC2C)n1. The molecular weight excluding hydrogens is 214 g/mol. The number of aromatic nitrogens is 2. The molecule has 0 aliphatic heterocycles. The summed E-state index contributed by atoms with van der Waals surface area (Å²) in [5.74, 6) is 2.05. The average molecular weight is 235 g/mol. The van der Waals surface area contributed by atoms with Gasteiger partial charge in [0.2, 0.25) is 5.88 Å². The quantitative estimate of drug-likeness (QED) is 0.871. The smallest absolute Gasteiger partial charge is 0.234 e. The Labute approximate surface area is 103 Å². The minimum Gasteiger partial charge on any atom is -0.473 e. The fourth-order valence-corrected chi connectivity index (χ4v) is 2.28. The predicted molar refractivity (Wildman–Crippen MR) is 68.2 cm³/mol. The second kappa shape index (κ2) is 5.84. The van der Waals surface area contributed by atoms with Crippen molar-refractivity contribution in [2.45, 2.75) is 45.6 Å². The minimum atomic E-state index is 0.301. The van der Waals surface area contributed by atoms with E-state index in [4.69, 9.17) is 4.74 Å². The monoisotopic (exact) mass is 235 g/mol. The Morgan fingerprint density at radius 2 is 2.18 bits per heavy atom. The summed E-state index contributed by atoms with van der Waals surface area (Å²) in [6.45, 7) is 5.14. The molecular formula is C13H21N3O. The summed E-state index contributed by atoms with van der Waals surface area (Å²) in [6.07, 6.45) is 8.69. The highest BCUT2D eigenvalue weighted by molar-refractivity contribution is 5.32. The molecule has 0 saturated heterocycles. The molecule has 1 heterocycles. The van der Waals surface area contributed by atoms with Crippen molar-refractivity contribution in [1.29, 1.82) is 0 Å². The first-order valence-electron chi connectivity index (χ1n) is 6.52. The van der Waals surface area contributed by atoms with Gasteiger partial charge in [-0.05, 0) is 32.1 Å². The maximum absolute atomic E-state index is 5.94. The van der Waals surface area contributed by atoms with Crippen LogP contribution in [-0.2, 0) is 0 Å². The number of rotatable bonds is 4. The van der Waals surface area contributed by atoms with Crippen LogP contribution in [0.2, 0.25) is 0 Å². The first-order chi connectivity index (χ1) is 8.29. The Hall–Kier alpha value is -1.32. The Balaban J connectivity index is 1.99. The molecule has 0 bridgehead atoms. The van der Waals surface area contributed by atoms with Crippen LogP contribution in [0.15, 0.2) is 12.4 Å². The van der Waals surface area contributed by atoms with Gasteiger partial charge < -0.3 is 10.1 Å². The lowest BCUT2D eigenvalue weighted by Gasteiger charge is -2.28. The number of nitrogens with zero attached hydrogens (tertiary/aromatic N) is 2. The van der Waals surface area contributed by atoms with Crippen molar-refractivity contribution in [2.24, 2.45) is 5.92 Å². The van der Waals surface area contributed by atoms with E-state index in [9.17, 15) is 0 Å². The molecule has 1 fully saturated rings. The van der Waals surface area contributed by atoms with E-state index >= 15 is 0 Å². The van der Waals surface area contributed by atoms with Gasteiger partial charge in [-0.1, -0.05) is 13.3 Å². The van der Waals surface area contributed by atoms with Crippen LogP contribution in [0.5, 0.6) is 5.88 Å². The Morgan fingerprint density at radius 3 is 2.94 bits per heavy atom. The average Bonchev–Trinajstić information content (AvgIpc) is 2.33. The summed E-state index contributed by atoms with van der Waals surface area (Å²) in [6, 6.07) is 0. The van der Waals surface area contributed by atoms with Crippen molar-refractivity contribution in [3.63, 3.8) is 0 Å². The second-order valence-corrected chi connectivity index (χ2v) is 4.69. The zero-order valence-corrected chi connectivity index (χ0v) is 10.6. The van der Waals surface area contributed by atoms with Gasteiger partial charge in [0, 0.05) is 6.54 Å². The Morgan fingerprint density at radius 1 is 1.35 bits per heavy atom. The van der Waals surface area contributed by atoms with Crippen molar-refractivity contribution in [2.75, 3.05) is 11.9 Å². The maximum atomic E-state index is 5.94.